The second-order valence-corrected chi connectivity index (χ2v) is 5.61. The quantitative estimate of drug-likeness (QED) is 0.594. The van der Waals surface area contributed by atoms with E-state index >= 15 is 0 Å². The molecule has 0 fully saturated rings. The summed E-state index contributed by atoms with van der Waals surface area (Å²) < 4.78 is 2.56. The third kappa shape index (κ3) is 2.76. The number of hydrogen-bond acceptors (Lipinski definition) is 3. The summed E-state index contributed by atoms with van der Waals surface area (Å²) in [7, 11) is 0. The van der Waals surface area contributed by atoms with Gasteiger partial charge in [0.1, 0.15) is 11.8 Å². The standard InChI is InChI=1S/C16H13IN4O/c17-21-16(22)20-15-13-3-1-2-10(13)4-5-14(15)11-6-7-19-12(8-11)9-18/h4-8H,1-3H2,(H2,20,21,22). The Morgan fingerprint density at radius 3 is 2.95 bits per heavy atom. The smallest absolute Gasteiger partial charge is 0.307 e. The van der Waals surface area contributed by atoms with E-state index in [1.54, 1.807) is 12.3 Å². The summed E-state index contributed by atoms with van der Waals surface area (Å²) in [5.41, 5.74) is 5.46. The number of halogens is 1. The summed E-state index contributed by atoms with van der Waals surface area (Å²) in [5.74, 6) is 0. The van der Waals surface area contributed by atoms with E-state index in [9.17, 15) is 4.79 Å². The second kappa shape index (κ2) is 6.32. The first-order chi connectivity index (χ1) is 10.7. The van der Waals surface area contributed by atoms with Crippen molar-refractivity contribution in [3.05, 3.63) is 47.3 Å². The number of pyridine rings is 1. The highest BCUT2D eigenvalue weighted by Crippen LogP contribution is 2.37. The maximum atomic E-state index is 11.8. The molecular formula is C16H13IN4O. The third-order valence-electron chi connectivity index (χ3n) is 3.79. The Balaban J connectivity index is 2.14. The molecule has 22 heavy (non-hydrogen) atoms. The summed E-state index contributed by atoms with van der Waals surface area (Å²) in [6, 6.07) is 9.50. The third-order valence-corrected chi connectivity index (χ3v) is 4.28. The van der Waals surface area contributed by atoms with E-state index in [2.05, 4.69) is 19.9 Å². The van der Waals surface area contributed by atoms with Crippen LogP contribution < -0.4 is 8.85 Å². The van der Waals surface area contributed by atoms with E-state index in [1.807, 2.05) is 41.1 Å². The Hall–Kier alpha value is -2.14. The van der Waals surface area contributed by atoms with Gasteiger partial charge in [-0.25, -0.2) is 9.78 Å². The summed E-state index contributed by atoms with van der Waals surface area (Å²) in [4.78, 5) is 15.8. The van der Waals surface area contributed by atoms with Gasteiger partial charge in [-0.1, -0.05) is 12.1 Å². The van der Waals surface area contributed by atoms with Crippen LogP contribution in [-0.2, 0) is 12.8 Å². The molecule has 0 spiro atoms. The predicted molar refractivity (Wildman–Crippen MR) is 92.6 cm³/mol. The molecule has 0 atom stereocenters. The minimum absolute atomic E-state index is 0.253. The molecule has 5 nitrogen and oxygen atoms in total. The first kappa shape index (κ1) is 14.8. The number of urea groups is 1. The fourth-order valence-corrected chi connectivity index (χ4v) is 2.98. The highest BCUT2D eigenvalue weighted by molar-refractivity contribution is 14.1. The van der Waals surface area contributed by atoms with Gasteiger partial charge in [-0.05, 0) is 48.1 Å². The number of nitriles is 1. The van der Waals surface area contributed by atoms with Gasteiger partial charge in [0.2, 0.25) is 0 Å². The maximum absolute atomic E-state index is 11.8. The van der Waals surface area contributed by atoms with E-state index in [0.29, 0.717) is 5.69 Å². The Morgan fingerprint density at radius 2 is 2.18 bits per heavy atom. The molecule has 1 heterocycles. The summed E-state index contributed by atoms with van der Waals surface area (Å²) in [6.07, 6.45) is 4.70. The van der Waals surface area contributed by atoms with E-state index in [0.717, 1.165) is 36.1 Å². The SMILES string of the molecule is N#Cc1cc(-c2ccc3c(c2NC(=O)NI)CCC3)ccn1. The van der Waals surface area contributed by atoms with Gasteiger partial charge in [-0.3, -0.25) is 3.53 Å². The van der Waals surface area contributed by atoms with Gasteiger partial charge in [0.25, 0.3) is 0 Å². The number of hydrogen-bond donors (Lipinski definition) is 2. The molecule has 1 aromatic carbocycles. The molecule has 1 aliphatic carbocycles. The van der Waals surface area contributed by atoms with Gasteiger partial charge in [-0.15, -0.1) is 0 Å². The number of amides is 2. The number of rotatable bonds is 2. The Bertz CT molecular complexity index is 782. The summed E-state index contributed by atoms with van der Waals surface area (Å²) >= 11 is 1.81. The summed E-state index contributed by atoms with van der Waals surface area (Å²) in [5, 5.41) is 12.0. The fraction of sp³-hybridized carbons (Fsp3) is 0.188. The highest BCUT2D eigenvalue weighted by Gasteiger charge is 2.20. The van der Waals surface area contributed by atoms with E-state index < -0.39 is 0 Å². The minimum Gasteiger partial charge on any atom is -0.307 e. The van der Waals surface area contributed by atoms with Crippen molar-refractivity contribution in [1.82, 2.24) is 8.51 Å². The molecule has 2 amide bonds. The first-order valence-electron chi connectivity index (χ1n) is 6.92. The van der Waals surface area contributed by atoms with Crippen molar-refractivity contribution < 1.29 is 4.79 Å². The zero-order valence-corrected chi connectivity index (χ0v) is 13.8. The number of anilines is 1. The van der Waals surface area contributed by atoms with Crippen LogP contribution in [-0.4, -0.2) is 11.0 Å². The summed E-state index contributed by atoms with van der Waals surface area (Å²) in [6.45, 7) is 0. The number of aromatic nitrogens is 1. The average molecular weight is 404 g/mol. The molecule has 6 heteroatoms. The normalized spacial score (nSPS) is 12.4. The molecule has 2 N–H and O–H groups in total. The molecule has 1 aromatic heterocycles. The van der Waals surface area contributed by atoms with Crippen molar-refractivity contribution in [3.63, 3.8) is 0 Å². The van der Waals surface area contributed by atoms with Crippen LogP contribution in [0.2, 0.25) is 0 Å². The van der Waals surface area contributed by atoms with Crippen molar-refractivity contribution in [2.24, 2.45) is 0 Å². The van der Waals surface area contributed by atoms with Crippen LogP contribution in [0.15, 0.2) is 30.5 Å². The number of nitrogens with one attached hydrogen (secondary N) is 2. The van der Waals surface area contributed by atoms with Crippen molar-refractivity contribution in [2.75, 3.05) is 5.32 Å². The predicted octanol–water partition coefficient (Wildman–Crippen LogP) is 3.58. The monoisotopic (exact) mass is 404 g/mol. The van der Waals surface area contributed by atoms with Gasteiger partial charge in [-0.2, -0.15) is 5.26 Å². The lowest BCUT2D eigenvalue weighted by Gasteiger charge is -2.15. The van der Waals surface area contributed by atoms with Crippen LogP contribution in [0.25, 0.3) is 11.1 Å². The number of benzene rings is 1. The highest BCUT2D eigenvalue weighted by atomic mass is 127. The van der Waals surface area contributed by atoms with Gasteiger partial charge in [0.15, 0.2) is 0 Å². The maximum Gasteiger partial charge on any atom is 0.327 e. The zero-order valence-electron chi connectivity index (χ0n) is 11.7. The van der Waals surface area contributed by atoms with Gasteiger partial charge < -0.3 is 5.32 Å². The fourth-order valence-electron chi connectivity index (χ4n) is 2.85. The van der Waals surface area contributed by atoms with Crippen LogP contribution in [0.5, 0.6) is 0 Å². The molecular weight excluding hydrogens is 391 g/mol. The van der Waals surface area contributed by atoms with Crippen molar-refractivity contribution in [3.8, 4) is 17.2 Å². The van der Waals surface area contributed by atoms with E-state index in [-0.39, 0.29) is 6.03 Å². The topological polar surface area (TPSA) is 77.8 Å². The van der Waals surface area contributed by atoms with E-state index in [4.69, 9.17) is 5.26 Å². The molecule has 2 aromatic rings. The van der Waals surface area contributed by atoms with Crippen LogP contribution in [0.4, 0.5) is 10.5 Å². The number of nitrogens with zero attached hydrogens (tertiary/aromatic N) is 2. The van der Waals surface area contributed by atoms with Gasteiger partial charge in [0, 0.05) is 11.8 Å². The van der Waals surface area contributed by atoms with Crippen LogP contribution in [0.1, 0.15) is 23.2 Å². The molecule has 3 rings (SSSR count). The van der Waals surface area contributed by atoms with Crippen LogP contribution in [0, 0.1) is 11.3 Å². The van der Waals surface area contributed by atoms with Crippen molar-refractivity contribution >= 4 is 34.6 Å². The molecule has 110 valence electrons. The lowest BCUT2D eigenvalue weighted by Crippen LogP contribution is -2.21. The molecule has 0 unspecified atom stereocenters. The van der Waals surface area contributed by atoms with Gasteiger partial charge >= 0.3 is 6.03 Å². The minimum atomic E-state index is -0.253. The molecule has 0 saturated heterocycles. The van der Waals surface area contributed by atoms with E-state index in [1.165, 1.54) is 11.1 Å². The molecule has 0 aliphatic heterocycles. The first-order valence-corrected chi connectivity index (χ1v) is 7.99. The Kier molecular flexibility index (Phi) is 4.24. The Morgan fingerprint density at radius 1 is 1.32 bits per heavy atom. The van der Waals surface area contributed by atoms with Crippen LogP contribution >= 0.6 is 22.9 Å². The van der Waals surface area contributed by atoms with Crippen molar-refractivity contribution in [2.45, 2.75) is 19.3 Å². The Labute approximate surface area is 142 Å². The average Bonchev–Trinajstić information content (AvgIpc) is 3.04. The van der Waals surface area contributed by atoms with Crippen LogP contribution in [0.3, 0.4) is 0 Å². The molecule has 0 radical (unpaired) electrons. The van der Waals surface area contributed by atoms with Crippen molar-refractivity contribution in [1.29, 1.82) is 5.26 Å². The lowest BCUT2D eigenvalue weighted by atomic mass is 9.97. The largest absolute Gasteiger partial charge is 0.327 e. The number of carbonyl (C=O) groups is 1. The molecule has 0 bridgehead atoms. The molecule has 0 saturated carbocycles. The molecule has 1 aliphatic rings. The zero-order chi connectivity index (χ0) is 15.5. The van der Waals surface area contributed by atoms with Gasteiger partial charge in [0.05, 0.1) is 28.6 Å². The second-order valence-electron chi connectivity index (χ2n) is 5.07. The number of aryl methyl sites for hydroxylation is 1. The number of carbonyl (C=O) groups excluding carboxylic acids is 1. The number of fused-ring (bicyclic) bond motifs is 1. The lowest BCUT2D eigenvalue weighted by molar-refractivity contribution is 0.258.